The smallest absolute Gasteiger partial charge is 0.407 e. The molecular formula is C13H17NO2. The van der Waals surface area contributed by atoms with Crippen LogP contribution < -0.4 is 5.32 Å². The highest BCUT2D eigenvalue weighted by Crippen LogP contribution is 2.01. The Morgan fingerprint density at radius 3 is 2.81 bits per heavy atom. The van der Waals surface area contributed by atoms with Gasteiger partial charge in [-0.2, -0.15) is 0 Å². The molecule has 1 atom stereocenters. The summed E-state index contributed by atoms with van der Waals surface area (Å²) in [5.74, 6) is 0. The van der Waals surface area contributed by atoms with Crippen LogP contribution in [0.5, 0.6) is 0 Å². The van der Waals surface area contributed by atoms with Crippen molar-refractivity contribution in [2.24, 2.45) is 0 Å². The molecule has 0 aliphatic heterocycles. The molecule has 0 saturated heterocycles. The molecule has 0 heterocycles. The number of ether oxygens (including phenoxy) is 1. The van der Waals surface area contributed by atoms with E-state index >= 15 is 0 Å². The number of rotatable bonds is 5. The van der Waals surface area contributed by atoms with Crippen LogP contribution in [-0.2, 0) is 11.3 Å². The van der Waals surface area contributed by atoms with Gasteiger partial charge >= 0.3 is 6.09 Å². The Bertz CT molecular complexity index is 335. The van der Waals surface area contributed by atoms with E-state index in [0.717, 1.165) is 12.0 Å². The molecule has 0 spiro atoms. The summed E-state index contributed by atoms with van der Waals surface area (Å²) in [6.07, 6.45) is 2.11. The summed E-state index contributed by atoms with van der Waals surface area (Å²) in [7, 11) is 0. The molecular weight excluding hydrogens is 202 g/mol. The van der Waals surface area contributed by atoms with Gasteiger partial charge < -0.3 is 10.1 Å². The van der Waals surface area contributed by atoms with Gasteiger partial charge in [0.25, 0.3) is 0 Å². The molecule has 1 amide bonds. The third-order valence-electron chi connectivity index (χ3n) is 2.10. The van der Waals surface area contributed by atoms with Crippen molar-refractivity contribution < 1.29 is 9.53 Å². The van der Waals surface area contributed by atoms with Crippen LogP contribution >= 0.6 is 0 Å². The van der Waals surface area contributed by atoms with Crippen molar-refractivity contribution in [2.45, 2.75) is 26.0 Å². The summed E-state index contributed by atoms with van der Waals surface area (Å²) < 4.78 is 5.06. The quantitative estimate of drug-likeness (QED) is 0.773. The van der Waals surface area contributed by atoms with Crippen LogP contribution in [-0.4, -0.2) is 12.1 Å². The summed E-state index contributed by atoms with van der Waals surface area (Å²) in [4.78, 5) is 11.3. The fourth-order valence-corrected chi connectivity index (χ4v) is 1.27. The van der Waals surface area contributed by atoms with Gasteiger partial charge in [0.05, 0.1) is 0 Å². The summed E-state index contributed by atoms with van der Waals surface area (Å²) in [6, 6.07) is 9.64. The lowest BCUT2D eigenvalue weighted by Crippen LogP contribution is -2.32. The number of hydrogen-bond acceptors (Lipinski definition) is 2. The van der Waals surface area contributed by atoms with Crippen LogP contribution in [0.3, 0.4) is 0 Å². The molecule has 0 aliphatic rings. The number of carbonyl (C=O) groups excluding carboxylic acids is 1. The molecule has 0 aromatic heterocycles. The lowest BCUT2D eigenvalue weighted by atomic mass is 10.2. The highest BCUT2D eigenvalue weighted by Gasteiger charge is 2.06. The van der Waals surface area contributed by atoms with Crippen molar-refractivity contribution in [1.82, 2.24) is 5.32 Å². The second-order valence-corrected chi connectivity index (χ2v) is 3.63. The van der Waals surface area contributed by atoms with Gasteiger partial charge in [-0.15, -0.1) is 6.58 Å². The van der Waals surface area contributed by atoms with Crippen LogP contribution in [0.1, 0.15) is 18.9 Å². The molecule has 0 bridgehead atoms. The first-order valence-electron chi connectivity index (χ1n) is 5.30. The van der Waals surface area contributed by atoms with E-state index in [-0.39, 0.29) is 6.04 Å². The van der Waals surface area contributed by atoms with Crippen molar-refractivity contribution in [2.75, 3.05) is 0 Å². The molecule has 1 aromatic rings. The minimum atomic E-state index is -0.391. The van der Waals surface area contributed by atoms with E-state index in [1.165, 1.54) is 0 Å². The second kappa shape index (κ2) is 6.67. The van der Waals surface area contributed by atoms with Crippen molar-refractivity contribution in [3.8, 4) is 0 Å². The minimum absolute atomic E-state index is 0.0563. The average molecular weight is 219 g/mol. The molecule has 3 nitrogen and oxygen atoms in total. The van der Waals surface area contributed by atoms with Gasteiger partial charge in [-0.1, -0.05) is 36.4 Å². The van der Waals surface area contributed by atoms with Crippen molar-refractivity contribution in [3.05, 3.63) is 48.6 Å². The molecule has 3 heteroatoms. The molecule has 16 heavy (non-hydrogen) atoms. The zero-order valence-corrected chi connectivity index (χ0v) is 9.48. The zero-order valence-electron chi connectivity index (χ0n) is 9.48. The number of hydrogen-bond donors (Lipinski definition) is 1. The molecule has 86 valence electrons. The number of amides is 1. The first-order valence-corrected chi connectivity index (χ1v) is 5.30. The highest BCUT2D eigenvalue weighted by molar-refractivity contribution is 5.67. The Morgan fingerprint density at radius 2 is 2.19 bits per heavy atom. The second-order valence-electron chi connectivity index (χ2n) is 3.63. The van der Waals surface area contributed by atoms with Crippen LogP contribution in [0.15, 0.2) is 43.0 Å². The van der Waals surface area contributed by atoms with E-state index < -0.39 is 6.09 Å². The van der Waals surface area contributed by atoms with Crippen molar-refractivity contribution in [1.29, 1.82) is 0 Å². The monoisotopic (exact) mass is 219 g/mol. The first-order chi connectivity index (χ1) is 7.72. The van der Waals surface area contributed by atoms with E-state index in [1.54, 1.807) is 6.08 Å². The predicted molar refractivity (Wildman–Crippen MR) is 64.0 cm³/mol. The number of benzene rings is 1. The lowest BCUT2D eigenvalue weighted by molar-refractivity contribution is 0.136. The first kappa shape index (κ1) is 12.3. The van der Waals surface area contributed by atoms with Crippen molar-refractivity contribution >= 4 is 6.09 Å². The van der Waals surface area contributed by atoms with Gasteiger partial charge in [0.15, 0.2) is 0 Å². The molecule has 1 N–H and O–H groups in total. The maximum absolute atomic E-state index is 11.3. The van der Waals surface area contributed by atoms with Gasteiger partial charge in [-0.3, -0.25) is 0 Å². The van der Waals surface area contributed by atoms with E-state index in [4.69, 9.17) is 4.74 Å². The maximum Gasteiger partial charge on any atom is 0.407 e. The fraction of sp³-hybridized carbons (Fsp3) is 0.308. The summed E-state index contributed by atoms with van der Waals surface area (Å²) in [5, 5.41) is 2.72. The predicted octanol–water partition coefficient (Wildman–Crippen LogP) is 2.88. The standard InChI is InChI=1S/C13H17NO2/c1-3-7-11(2)14-13(15)16-10-12-8-5-4-6-9-12/h3-6,8-9,11H,1,7,10H2,2H3,(H,14,15)/t11-/m0/s1. The Labute approximate surface area is 96.1 Å². The fourth-order valence-electron chi connectivity index (χ4n) is 1.27. The Kier molecular flexibility index (Phi) is 5.12. The van der Waals surface area contributed by atoms with Crippen LogP contribution in [0.2, 0.25) is 0 Å². The van der Waals surface area contributed by atoms with Crippen LogP contribution in [0, 0.1) is 0 Å². The van der Waals surface area contributed by atoms with E-state index in [0.29, 0.717) is 6.61 Å². The van der Waals surface area contributed by atoms with Crippen LogP contribution in [0.25, 0.3) is 0 Å². The van der Waals surface area contributed by atoms with Gasteiger partial charge in [0, 0.05) is 6.04 Å². The topological polar surface area (TPSA) is 38.3 Å². The van der Waals surface area contributed by atoms with E-state index in [1.807, 2.05) is 37.3 Å². The van der Waals surface area contributed by atoms with E-state index in [9.17, 15) is 4.79 Å². The summed E-state index contributed by atoms with van der Waals surface area (Å²) in [5.41, 5.74) is 0.981. The molecule has 0 unspecified atom stereocenters. The van der Waals surface area contributed by atoms with Gasteiger partial charge in [-0.05, 0) is 18.9 Å². The largest absolute Gasteiger partial charge is 0.445 e. The Hall–Kier alpha value is -1.77. The minimum Gasteiger partial charge on any atom is -0.445 e. The molecule has 0 radical (unpaired) electrons. The normalized spacial score (nSPS) is 11.6. The summed E-state index contributed by atoms with van der Waals surface area (Å²) >= 11 is 0. The SMILES string of the molecule is C=CC[C@H](C)NC(=O)OCc1ccccc1. The Morgan fingerprint density at radius 1 is 1.50 bits per heavy atom. The van der Waals surface area contributed by atoms with Crippen LogP contribution in [0.4, 0.5) is 4.79 Å². The number of alkyl carbamates (subject to hydrolysis) is 1. The molecule has 1 rings (SSSR count). The summed E-state index contributed by atoms with van der Waals surface area (Å²) in [6.45, 7) is 5.82. The molecule has 0 aliphatic carbocycles. The third kappa shape index (κ3) is 4.64. The molecule has 0 saturated carbocycles. The van der Waals surface area contributed by atoms with Gasteiger partial charge in [-0.25, -0.2) is 4.79 Å². The van der Waals surface area contributed by atoms with E-state index in [2.05, 4.69) is 11.9 Å². The maximum atomic E-state index is 11.3. The Balaban J connectivity index is 2.28. The lowest BCUT2D eigenvalue weighted by Gasteiger charge is -2.11. The van der Waals surface area contributed by atoms with Gasteiger partial charge in [0.1, 0.15) is 6.61 Å². The average Bonchev–Trinajstić information content (AvgIpc) is 2.28. The van der Waals surface area contributed by atoms with Crippen molar-refractivity contribution in [3.63, 3.8) is 0 Å². The molecule has 1 aromatic carbocycles. The van der Waals surface area contributed by atoms with Gasteiger partial charge in [0.2, 0.25) is 0 Å². The third-order valence-corrected chi connectivity index (χ3v) is 2.10. The number of carbonyl (C=O) groups is 1. The zero-order chi connectivity index (χ0) is 11.8. The number of nitrogens with one attached hydrogen (secondary N) is 1. The highest BCUT2D eigenvalue weighted by atomic mass is 16.5. The molecule has 0 fully saturated rings.